The van der Waals surface area contributed by atoms with Crippen LogP contribution in [0.25, 0.3) is 11.8 Å². The second-order valence-electron chi connectivity index (χ2n) is 7.75. The summed E-state index contributed by atoms with van der Waals surface area (Å²) in [5.41, 5.74) is 3.25. The third-order valence-electron chi connectivity index (χ3n) is 5.59. The molecule has 1 aliphatic rings. The normalized spacial score (nSPS) is 15.6. The maximum atomic E-state index is 13.7. The van der Waals surface area contributed by atoms with E-state index in [0.717, 1.165) is 16.7 Å². The molecule has 6 heteroatoms. The Morgan fingerprint density at radius 1 is 0.971 bits per heavy atom. The maximum absolute atomic E-state index is 13.7. The van der Waals surface area contributed by atoms with Crippen molar-refractivity contribution in [2.75, 3.05) is 6.61 Å². The predicted molar refractivity (Wildman–Crippen MR) is 134 cm³/mol. The average Bonchev–Trinajstić information content (AvgIpc) is 3.19. The van der Waals surface area contributed by atoms with Crippen molar-refractivity contribution in [1.29, 1.82) is 0 Å². The molecule has 1 aliphatic heterocycles. The molecule has 0 aliphatic carbocycles. The van der Waals surface area contributed by atoms with E-state index < -0.39 is 12.0 Å². The molecule has 3 aromatic carbocycles. The summed E-state index contributed by atoms with van der Waals surface area (Å²) in [6.45, 7) is 2.00. The second kappa shape index (κ2) is 9.45. The molecule has 1 atom stereocenters. The van der Waals surface area contributed by atoms with Crippen LogP contribution in [0.3, 0.4) is 0 Å². The van der Waals surface area contributed by atoms with Crippen LogP contribution in [0.5, 0.6) is 0 Å². The number of carbonyl (C=O) groups is 1. The zero-order chi connectivity index (χ0) is 23.5. The van der Waals surface area contributed by atoms with Gasteiger partial charge in [-0.3, -0.25) is 9.36 Å². The number of benzene rings is 3. The van der Waals surface area contributed by atoms with Gasteiger partial charge in [-0.2, -0.15) is 0 Å². The molecule has 0 fully saturated rings. The van der Waals surface area contributed by atoms with Gasteiger partial charge in [-0.15, -0.1) is 0 Å². The van der Waals surface area contributed by atoms with Gasteiger partial charge < -0.3 is 4.74 Å². The number of hydrogen-bond donors (Lipinski definition) is 0. The fourth-order valence-corrected chi connectivity index (χ4v) is 5.09. The summed E-state index contributed by atoms with van der Waals surface area (Å²) in [7, 11) is 0. The lowest BCUT2D eigenvalue weighted by Gasteiger charge is -2.25. The van der Waals surface area contributed by atoms with Gasteiger partial charge in [0.2, 0.25) is 0 Å². The average molecular weight is 467 g/mol. The van der Waals surface area contributed by atoms with E-state index in [9.17, 15) is 9.59 Å². The molecule has 0 saturated heterocycles. The van der Waals surface area contributed by atoms with Gasteiger partial charge in [-0.05, 0) is 24.1 Å². The number of fused-ring (bicyclic) bond motifs is 1. The summed E-state index contributed by atoms with van der Waals surface area (Å²) < 4.78 is 7.64. The maximum Gasteiger partial charge on any atom is 0.338 e. The van der Waals surface area contributed by atoms with Crippen molar-refractivity contribution in [1.82, 2.24) is 4.57 Å². The summed E-state index contributed by atoms with van der Waals surface area (Å²) in [6.07, 6.45) is 1.86. The zero-order valence-electron chi connectivity index (χ0n) is 18.5. The Hall–Kier alpha value is -4.03. The van der Waals surface area contributed by atoms with E-state index in [4.69, 9.17) is 9.73 Å². The summed E-state index contributed by atoms with van der Waals surface area (Å²) >= 11 is 1.32. The number of nitrogens with zero attached hydrogens (tertiary/aromatic N) is 2. The van der Waals surface area contributed by atoms with Crippen LogP contribution >= 0.6 is 11.3 Å². The highest BCUT2D eigenvalue weighted by Gasteiger charge is 2.34. The molecule has 2 heterocycles. The van der Waals surface area contributed by atoms with Crippen molar-refractivity contribution < 1.29 is 9.53 Å². The lowest BCUT2D eigenvalue weighted by Crippen LogP contribution is -2.39. The fraction of sp³-hybridized carbons (Fsp3) is 0.107. The Kier molecular flexibility index (Phi) is 6.06. The molecule has 0 radical (unpaired) electrons. The zero-order valence-corrected chi connectivity index (χ0v) is 19.4. The van der Waals surface area contributed by atoms with E-state index in [-0.39, 0.29) is 12.2 Å². The monoisotopic (exact) mass is 466 g/mol. The van der Waals surface area contributed by atoms with Crippen LogP contribution in [0.15, 0.2) is 106 Å². The van der Waals surface area contributed by atoms with Gasteiger partial charge in [0.15, 0.2) is 4.80 Å². The highest BCUT2D eigenvalue weighted by atomic mass is 32.1. The first kappa shape index (κ1) is 21.8. The molecule has 0 saturated carbocycles. The fourth-order valence-electron chi connectivity index (χ4n) is 4.09. The Balaban J connectivity index is 1.84. The first-order chi connectivity index (χ1) is 16.7. The summed E-state index contributed by atoms with van der Waals surface area (Å²) in [6, 6.07) is 28.2. The van der Waals surface area contributed by atoms with Crippen LogP contribution in [0.4, 0.5) is 0 Å². The summed E-state index contributed by atoms with van der Waals surface area (Å²) in [5, 5.41) is 0. The molecular weight excluding hydrogens is 444 g/mol. The molecule has 0 spiro atoms. The smallest absolute Gasteiger partial charge is 0.338 e. The Labute approximate surface area is 200 Å². The highest BCUT2D eigenvalue weighted by Crippen LogP contribution is 2.34. The van der Waals surface area contributed by atoms with Crippen LogP contribution in [0.2, 0.25) is 0 Å². The van der Waals surface area contributed by atoms with E-state index in [0.29, 0.717) is 20.6 Å². The van der Waals surface area contributed by atoms with Crippen LogP contribution in [-0.2, 0) is 9.53 Å². The molecule has 4 aromatic rings. The number of esters is 1. The third kappa shape index (κ3) is 4.04. The number of carbonyl (C=O) groups excluding carboxylic acids is 1. The topological polar surface area (TPSA) is 60.7 Å². The largest absolute Gasteiger partial charge is 0.463 e. The van der Waals surface area contributed by atoms with Crippen molar-refractivity contribution in [3.63, 3.8) is 0 Å². The highest BCUT2D eigenvalue weighted by molar-refractivity contribution is 7.07. The van der Waals surface area contributed by atoms with Gasteiger partial charge in [0.25, 0.3) is 5.56 Å². The van der Waals surface area contributed by atoms with Gasteiger partial charge in [0, 0.05) is 5.56 Å². The minimum atomic E-state index is -0.648. The Morgan fingerprint density at radius 3 is 2.24 bits per heavy atom. The van der Waals surface area contributed by atoms with Crippen LogP contribution in [0.1, 0.15) is 29.7 Å². The number of thiazole rings is 1. The minimum absolute atomic E-state index is 0.185. The van der Waals surface area contributed by atoms with E-state index in [1.54, 1.807) is 11.5 Å². The molecule has 5 nitrogen and oxygen atoms in total. The van der Waals surface area contributed by atoms with E-state index in [1.807, 2.05) is 97.1 Å². The quantitative estimate of drug-likeness (QED) is 0.419. The molecule has 168 valence electrons. The minimum Gasteiger partial charge on any atom is -0.463 e. The molecular formula is C28H22N2O3S. The van der Waals surface area contributed by atoms with Crippen LogP contribution in [-0.4, -0.2) is 17.1 Å². The molecule has 0 bridgehead atoms. The van der Waals surface area contributed by atoms with Gasteiger partial charge >= 0.3 is 5.97 Å². The molecule has 0 amide bonds. The molecule has 5 rings (SSSR count). The van der Waals surface area contributed by atoms with Gasteiger partial charge in [-0.1, -0.05) is 102 Å². The predicted octanol–water partition coefficient (Wildman–Crippen LogP) is 3.94. The first-order valence-corrected chi connectivity index (χ1v) is 11.9. The number of rotatable bonds is 5. The number of ether oxygens (including phenoxy) is 1. The Bertz CT molecular complexity index is 1540. The molecule has 34 heavy (non-hydrogen) atoms. The van der Waals surface area contributed by atoms with Crippen LogP contribution < -0.4 is 14.9 Å². The van der Waals surface area contributed by atoms with Crippen molar-refractivity contribution in [2.45, 2.75) is 13.0 Å². The molecule has 0 unspecified atom stereocenters. The van der Waals surface area contributed by atoms with Gasteiger partial charge in [-0.25, -0.2) is 9.79 Å². The lowest BCUT2D eigenvalue weighted by atomic mass is 9.93. The summed E-state index contributed by atoms with van der Waals surface area (Å²) in [5.74, 6) is -0.476. The third-order valence-corrected chi connectivity index (χ3v) is 6.57. The lowest BCUT2D eigenvalue weighted by molar-refractivity contribution is -0.138. The van der Waals surface area contributed by atoms with E-state index in [2.05, 4.69) is 0 Å². The molecule has 1 aromatic heterocycles. The summed E-state index contributed by atoms with van der Waals surface area (Å²) in [4.78, 5) is 32.4. The van der Waals surface area contributed by atoms with Gasteiger partial charge in [0.1, 0.15) is 0 Å². The van der Waals surface area contributed by atoms with Crippen molar-refractivity contribution in [3.05, 3.63) is 133 Å². The number of aromatic nitrogens is 1. The van der Waals surface area contributed by atoms with Crippen LogP contribution in [0, 0.1) is 0 Å². The second-order valence-corrected chi connectivity index (χ2v) is 8.76. The molecule has 0 N–H and O–H groups in total. The number of hydrogen-bond acceptors (Lipinski definition) is 5. The van der Waals surface area contributed by atoms with Gasteiger partial charge in [0.05, 0.1) is 28.5 Å². The SMILES string of the molecule is CCOC(=O)C1=C(c2ccccc2)N=c2s/c(=C/c3ccccc3)c(=O)n2[C@@H]1c1ccccc1. The standard InChI is InChI=1S/C28H22N2O3S/c1-2-33-27(32)23-24(20-14-8-4-9-15-20)29-28-30(25(23)21-16-10-5-11-17-21)26(31)22(34-28)18-19-12-6-3-7-13-19/h3-18,25H,2H2,1H3/b22-18+/t25-/m1/s1. The van der Waals surface area contributed by atoms with E-state index in [1.165, 1.54) is 11.3 Å². The Morgan fingerprint density at radius 2 is 1.59 bits per heavy atom. The first-order valence-electron chi connectivity index (χ1n) is 11.1. The van der Waals surface area contributed by atoms with Crippen molar-refractivity contribution >= 4 is 29.1 Å². The van der Waals surface area contributed by atoms with E-state index >= 15 is 0 Å². The van der Waals surface area contributed by atoms with Crippen molar-refractivity contribution in [2.24, 2.45) is 4.99 Å². The van der Waals surface area contributed by atoms with Crippen molar-refractivity contribution in [3.8, 4) is 0 Å².